The normalized spacial score (nSPS) is 10.1. The Morgan fingerprint density at radius 2 is 1.88 bits per heavy atom. The minimum atomic E-state index is 0.265. The molecule has 0 aliphatic rings. The fraction of sp³-hybridized carbons (Fsp3) is 0.0833. The van der Waals surface area contributed by atoms with E-state index in [1.54, 1.807) is 0 Å². The van der Waals surface area contributed by atoms with Crippen molar-refractivity contribution in [3.05, 3.63) is 42.2 Å². The molecule has 0 radical (unpaired) electrons. The summed E-state index contributed by atoms with van der Waals surface area (Å²) in [6.45, 7) is 1.92. The van der Waals surface area contributed by atoms with Crippen LogP contribution in [0.4, 0.5) is 5.69 Å². The number of thiocarbonyl (C=S) groups is 1. The van der Waals surface area contributed by atoms with Crippen molar-refractivity contribution in [1.82, 2.24) is 0 Å². The van der Waals surface area contributed by atoms with Crippen LogP contribution in [0.1, 0.15) is 5.76 Å². The van der Waals surface area contributed by atoms with Crippen LogP contribution in [0.15, 0.2) is 40.8 Å². The number of nitrogens with one attached hydrogen (secondary N) is 1. The summed E-state index contributed by atoms with van der Waals surface area (Å²) >= 11 is 4.76. The molecule has 0 unspecified atom stereocenters. The Morgan fingerprint density at radius 1 is 1.19 bits per heavy atom. The summed E-state index contributed by atoms with van der Waals surface area (Å²) in [5.74, 6) is 1.76. The van der Waals surface area contributed by atoms with Gasteiger partial charge in [0.25, 0.3) is 0 Å². The van der Waals surface area contributed by atoms with Crippen molar-refractivity contribution in [2.45, 2.75) is 6.92 Å². The summed E-state index contributed by atoms with van der Waals surface area (Å²) in [6.07, 6.45) is 0. The largest absolute Gasteiger partial charge is 0.461 e. The van der Waals surface area contributed by atoms with Gasteiger partial charge in [-0.2, -0.15) is 0 Å². The second-order valence-corrected chi connectivity index (χ2v) is 3.92. The molecule has 0 spiro atoms. The van der Waals surface area contributed by atoms with E-state index in [4.69, 9.17) is 22.4 Å². The zero-order valence-corrected chi connectivity index (χ0v) is 9.67. The first kappa shape index (κ1) is 10.7. The number of aryl methyl sites for hydroxylation is 1. The first-order chi connectivity index (χ1) is 7.65. The first-order valence-corrected chi connectivity index (χ1v) is 5.29. The summed E-state index contributed by atoms with van der Waals surface area (Å²) < 4.78 is 5.52. The fourth-order valence-electron chi connectivity index (χ4n) is 1.45. The van der Waals surface area contributed by atoms with Gasteiger partial charge in [0.15, 0.2) is 5.11 Å². The van der Waals surface area contributed by atoms with E-state index in [2.05, 4.69) is 5.32 Å². The number of nitrogens with two attached hydrogens (primary N) is 1. The molecule has 3 N–H and O–H groups in total. The van der Waals surface area contributed by atoms with Gasteiger partial charge in [0.2, 0.25) is 0 Å². The van der Waals surface area contributed by atoms with Gasteiger partial charge in [-0.15, -0.1) is 0 Å². The van der Waals surface area contributed by atoms with Crippen LogP contribution in [0.5, 0.6) is 0 Å². The molecular formula is C12H12N2OS. The lowest BCUT2D eigenvalue weighted by Crippen LogP contribution is -2.18. The van der Waals surface area contributed by atoms with Crippen LogP contribution in [-0.2, 0) is 0 Å². The number of benzene rings is 1. The maximum Gasteiger partial charge on any atom is 0.168 e. The van der Waals surface area contributed by atoms with Crippen molar-refractivity contribution < 1.29 is 4.42 Å². The zero-order chi connectivity index (χ0) is 11.5. The molecule has 2 aromatic rings. The van der Waals surface area contributed by atoms with E-state index < -0.39 is 0 Å². The molecule has 0 saturated heterocycles. The Kier molecular flexibility index (Phi) is 2.92. The number of hydrogen-bond donors (Lipinski definition) is 2. The minimum absolute atomic E-state index is 0.265. The highest BCUT2D eigenvalue weighted by atomic mass is 32.1. The highest BCUT2D eigenvalue weighted by Crippen LogP contribution is 2.23. The summed E-state index contributed by atoms with van der Waals surface area (Å²) in [7, 11) is 0. The van der Waals surface area contributed by atoms with Crippen molar-refractivity contribution in [2.75, 3.05) is 5.32 Å². The van der Waals surface area contributed by atoms with Gasteiger partial charge in [-0.1, -0.05) is 0 Å². The van der Waals surface area contributed by atoms with Gasteiger partial charge in [0.05, 0.1) is 0 Å². The molecular weight excluding hydrogens is 220 g/mol. The van der Waals surface area contributed by atoms with Crippen molar-refractivity contribution in [1.29, 1.82) is 0 Å². The Balaban J connectivity index is 2.22. The van der Waals surface area contributed by atoms with E-state index in [0.29, 0.717) is 0 Å². The molecule has 2 rings (SSSR count). The lowest BCUT2D eigenvalue weighted by Gasteiger charge is -2.03. The average Bonchev–Trinajstić information content (AvgIpc) is 2.65. The van der Waals surface area contributed by atoms with E-state index in [9.17, 15) is 0 Å². The quantitative estimate of drug-likeness (QED) is 0.782. The maximum absolute atomic E-state index is 5.52. The molecule has 0 atom stereocenters. The van der Waals surface area contributed by atoms with E-state index in [0.717, 1.165) is 22.8 Å². The number of anilines is 1. The molecule has 4 heteroatoms. The molecule has 0 aliphatic carbocycles. The topological polar surface area (TPSA) is 51.2 Å². The smallest absolute Gasteiger partial charge is 0.168 e. The van der Waals surface area contributed by atoms with Crippen molar-refractivity contribution in [2.24, 2.45) is 5.73 Å². The van der Waals surface area contributed by atoms with E-state index >= 15 is 0 Å². The van der Waals surface area contributed by atoms with E-state index in [-0.39, 0.29) is 5.11 Å². The third-order valence-corrected chi connectivity index (χ3v) is 2.28. The Bertz CT molecular complexity index is 502. The number of rotatable bonds is 2. The van der Waals surface area contributed by atoms with E-state index in [1.165, 1.54) is 0 Å². The predicted octanol–water partition coefficient (Wildman–Crippen LogP) is 2.91. The standard InChI is InChI=1S/C12H12N2OS/c1-8-2-7-11(15-8)9-3-5-10(6-4-9)14-12(13)16/h2-7H,1H3,(H3,13,14,16). The highest BCUT2D eigenvalue weighted by Gasteiger charge is 2.02. The maximum atomic E-state index is 5.52. The third kappa shape index (κ3) is 2.41. The minimum Gasteiger partial charge on any atom is -0.461 e. The second kappa shape index (κ2) is 4.37. The molecule has 3 nitrogen and oxygen atoms in total. The molecule has 0 amide bonds. The van der Waals surface area contributed by atoms with Crippen LogP contribution in [0.3, 0.4) is 0 Å². The van der Waals surface area contributed by atoms with Crippen molar-refractivity contribution >= 4 is 23.0 Å². The fourth-order valence-corrected chi connectivity index (χ4v) is 1.57. The van der Waals surface area contributed by atoms with Gasteiger partial charge in [0.1, 0.15) is 11.5 Å². The van der Waals surface area contributed by atoms with Crippen LogP contribution in [0, 0.1) is 6.92 Å². The van der Waals surface area contributed by atoms with Crippen molar-refractivity contribution in [3.63, 3.8) is 0 Å². The zero-order valence-electron chi connectivity index (χ0n) is 8.86. The Labute approximate surface area is 99.3 Å². The molecule has 16 heavy (non-hydrogen) atoms. The Morgan fingerprint density at radius 3 is 2.38 bits per heavy atom. The average molecular weight is 232 g/mol. The van der Waals surface area contributed by atoms with Crippen LogP contribution >= 0.6 is 12.2 Å². The monoisotopic (exact) mass is 232 g/mol. The van der Waals surface area contributed by atoms with Gasteiger partial charge in [-0.05, 0) is 55.5 Å². The second-order valence-electron chi connectivity index (χ2n) is 3.48. The molecule has 0 saturated carbocycles. The summed E-state index contributed by atoms with van der Waals surface area (Å²) in [5, 5.41) is 3.13. The van der Waals surface area contributed by atoms with Gasteiger partial charge in [-0.3, -0.25) is 0 Å². The molecule has 1 heterocycles. The molecule has 82 valence electrons. The first-order valence-electron chi connectivity index (χ1n) is 4.88. The van der Waals surface area contributed by atoms with Gasteiger partial charge in [-0.25, -0.2) is 0 Å². The highest BCUT2D eigenvalue weighted by molar-refractivity contribution is 7.80. The summed E-state index contributed by atoms with van der Waals surface area (Å²) in [6, 6.07) is 11.6. The lowest BCUT2D eigenvalue weighted by atomic mass is 10.1. The van der Waals surface area contributed by atoms with E-state index in [1.807, 2.05) is 43.3 Å². The molecule has 1 aromatic heterocycles. The SMILES string of the molecule is Cc1ccc(-c2ccc(NC(N)=S)cc2)o1. The molecule has 1 aromatic carbocycles. The summed E-state index contributed by atoms with van der Waals surface area (Å²) in [5.41, 5.74) is 7.28. The van der Waals surface area contributed by atoms with Crippen LogP contribution < -0.4 is 11.1 Å². The molecule has 0 aliphatic heterocycles. The molecule has 0 bridgehead atoms. The summed E-state index contributed by atoms with van der Waals surface area (Å²) in [4.78, 5) is 0. The number of hydrogen-bond acceptors (Lipinski definition) is 2. The van der Waals surface area contributed by atoms with Crippen LogP contribution in [0.2, 0.25) is 0 Å². The van der Waals surface area contributed by atoms with Crippen LogP contribution in [-0.4, -0.2) is 5.11 Å². The van der Waals surface area contributed by atoms with Crippen LogP contribution in [0.25, 0.3) is 11.3 Å². The Hall–Kier alpha value is -1.81. The third-order valence-electron chi connectivity index (χ3n) is 2.18. The number of furan rings is 1. The molecule has 0 fully saturated rings. The van der Waals surface area contributed by atoms with Gasteiger partial charge >= 0.3 is 0 Å². The van der Waals surface area contributed by atoms with Gasteiger partial charge in [0, 0.05) is 11.3 Å². The van der Waals surface area contributed by atoms with Gasteiger partial charge < -0.3 is 15.5 Å². The lowest BCUT2D eigenvalue weighted by molar-refractivity contribution is 0.548. The predicted molar refractivity (Wildman–Crippen MR) is 69.3 cm³/mol. The van der Waals surface area contributed by atoms with Crippen molar-refractivity contribution in [3.8, 4) is 11.3 Å².